The van der Waals surface area contributed by atoms with Gasteiger partial charge in [-0.3, -0.25) is 10.1 Å². The SMILES string of the molecule is O=C(O)c1cccc([N+](=O)[O-])c1Nc1ccc(OCc2ccccc2)cc1. The molecule has 7 heteroatoms. The highest BCUT2D eigenvalue weighted by Gasteiger charge is 2.21. The van der Waals surface area contributed by atoms with Crippen LogP contribution in [0.1, 0.15) is 15.9 Å². The Bertz CT molecular complexity index is 924. The van der Waals surface area contributed by atoms with Gasteiger partial charge in [-0.25, -0.2) is 4.79 Å². The maximum atomic E-state index is 11.4. The van der Waals surface area contributed by atoms with Gasteiger partial charge >= 0.3 is 5.97 Å². The molecule has 0 atom stereocenters. The van der Waals surface area contributed by atoms with Gasteiger partial charge in [-0.15, -0.1) is 0 Å². The minimum atomic E-state index is -1.25. The van der Waals surface area contributed by atoms with Crippen molar-refractivity contribution in [3.63, 3.8) is 0 Å². The molecule has 0 amide bonds. The molecule has 3 aromatic carbocycles. The standard InChI is InChI=1S/C20H16N2O5/c23-20(24)17-7-4-8-18(22(25)26)19(17)21-15-9-11-16(12-10-15)27-13-14-5-2-1-3-6-14/h1-12,21H,13H2,(H,23,24). The quantitative estimate of drug-likeness (QED) is 0.469. The predicted octanol–water partition coefficient (Wildman–Crippen LogP) is 4.62. The Balaban J connectivity index is 1.77. The summed E-state index contributed by atoms with van der Waals surface area (Å²) in [6.07, 6.45) is 0. The van der Waals surface area contributed by atoms with E-state index in [1.54, 1.807) is 24.3 Å². The van der Waals surface area contributed by atoms with Gasteiger partial charge in [-0.05, 0) is 35.9 Å². The number of nitro groups is 1. The van der Waals surface area contributed by atoms with Crippen LogP contribution in [0.15, 0.2) is 72.8 Å². The Kier molecular flexibility index (Phi) is 5.32. The van der Waals surface area contributed by atoms with E-state index in [1.807, 2.05) is 30.3 Å². The lowest BCUT2D eigenvalue weighted by molar-refractivity contribution is -0.383. The summed E-state index contributed by atoms with van der Waals surface area (Å²) in [6, 6.07) is 20.4. The van der Waals surface area contributed by atoms with Crippen LogP contribution in [0.2, 0.25) is 0 Å². The van der Waals surface area contributed by atoms with Gasteiger partial charge in [-0.2, -0.15) is 0 Å². The molecule has 7 nitrogen and oxygen atoms in total. The van der Waals surface area contributed by atoms with E-state index in [4.69, 9.17) is 4.74 Å². The fourth-order valence-electron chi connectivity index (χ4n) is 2.52. The van der Waals surface area contributed by atoms with E-state index < -0.39 is 10.9 Å². The molecule has 0 bridgehead atoms. The molecule has 27 heavy (non-hydrogen) atoms. The van der Waals surface area contributed by atoms with E-state index in [-0.39, 0.29) is 16.9 Å². The van der Waals surface area contributed by atoms with Crippen LogP contribution in [-0.4, -0.2) is 16.0 Å². The Labute approximate surface area is 155 Å². The van der Waals surface area contributed by atoms with Crippen molar-refractivity contribution >= 4 is 23.0 Å². The molecule has 0 unspecified atom stereocenters. The largest absolute Gasteiger partial charge is 0.489 e. The second kappa shape index (κ2) is 8.01. The van der Waals surface area contributed by atoms with Crippen LogP contribution < -0.4 is 10.1 Å². The van der Waals surface area contributed by atoms with Crippen molar-refractivity contribution in [2.24, 2.45) is 0 Å². The number of benzene rings is 3. The molecule has 0 saturated carbocycles. The van der Waals surface area contributed by atoms with Crippen LogP contribution in [0.3, 0.4) is 0 Å². The monoisotopic (exact) mass is 364 g/mol. The van der Waals surface area contributed by atoms with Gasteiger partial charge in [0.25, 0.3) is 5.69 Å². The Morgan fingerprint density at radius 3 is 2.33 bits per heavy atom. The fourth-order valence-corrected chi connectivity index (χ4v) is 2.52. The minimum absolute atomic E-state index is 0.0621. The Morgan fingerprint density at radius 2 is 1.70 bits per heavy atom. The van der Waals surface area contributed by atoms with E-state index in [2.05, 4.69) is 5.32 Å². The molecular formula is C20H16N2O5. The molecular weight excluding hydrogens is 348 g/mol. The summed E-state index contributed by atoms with van der Waals surface area (Å²) in [7, 11) is 0. The normalized spacial score (nSPS) is 10.2. The van der Waals surface area contributed by atoms with E-state index in [9.17, 15) is 20.0 Å². The maximum Gasteiger partial charge on any atom is 0.338 e. The first kappa shape index (κ1) is 17.9. The van der Waals surface area contributed by atoms with Crippen molar-refractivity contribution in [3.8, 4) is 5.75 Å². The third kappa shape index (κ3) is 4.40. The maximum absolute atomic E-state index is 11.4. The third-order valence-corrected chi connectivity index (χ3v) is 3.84. The van der Waals surface area contributed by atoms with Crippen LogP contribution in [0, 0.1) is 10.1 Å². The summed E-state index contributed by atoms with van der Waals surface area (Å²) in [4.78, 5) is 22.0. The Hall–Kier alpha value is -3.87. The molecule has 0 aromatic heterocycles. The second-order valence-corrected chi connectivity index (χ2v) is 5.69. The van der Waals surface area contributed by atoms with Crippen LogP contribution in [0.4, 0.5) is 17.1 Å². The first-order valence-electron chi connectivity index (χ1n) is 8.09. The van der Waals surface area contributed by atoms with Gasteiger partial charge < -0.3 is 15.2 Å². The number of nitrogens with zero attached hydrogens (tertiary/aromatic N) is 1. The average molecular weight is 364 g/mol. The van der Waals surface area contributed by atoms with Gasteiger partial charge in [0.05, 0.1) is 10.5 Å². The lowest BCUT2D eigenvalue weighted by Crippen LogP contribution is -2.05. The Morgan fingerprint density at radius 1 is 1.00 bits per heavy atom. The van der Waals surface area contributed by atoms with Gasteiger partial charge in [0, 0.05) is 11.8 Å². The minimum Gasteiger partial charge on any atom is -0.489 e. The topological polar surface area (TPSA) is 102 Å². The third-order valence-electron chi connectivity index (χ3n) is 3.84. The number of rotatable bonds is 7. The number of anilines is 2. The van der Waals surface area contributed by atoms with Crippen LogP contribution in [-0.2, 0) is 6.61 Å². The fraction of sp³-hybridized carbons (Fsp3) is 0.0500. The summed E-state index contributed by atoms with van der Waals surface area (Å²) in [5, 5.41) is 23.3. The molecule has 0 aliphatic heterocycles. The summed E-state index contributed by atoms with van der Waals surface area (Å²) in [5.74, 6) is -0.616. The first-order valence-corrected chi connectivity index (χ1v) is 8.09. The van der Waals surface area contributed by atoms with Crippen LogP contribution >= 0.6 is 0 Å². The number of nitro benzene ring substituents is 1. The van der Waals surface area contributed by atoms with Crippen molar-refractivity contribution in [3.05, 3.63) is 94.0 Å². The highest BCUT2D eigenvalue weighted by Crippen LogP contribution is 2.32. The number of aromatic carboxylic acids is 1. The zero-order chi connectivity index (χ0) is 19.2. The summed E-state index contributed by atoms with van der Waals surface area (Å²) in [6.45, 7) is 0.418. The van der Waals surface area contributed by atoms with E-state index in [0.29, 0.717) is 18.0 Å². The molecule has 0 fully saturated rings. The molecule has 3 rings (SSSR count). The van der Waals surface area contributed by atoms with Crippen molar-refractivity contribution in [1.82, 2.24) is 0 Å². The average Bonchev–Trinajstić information content (AvgIpc) is 2.68. The number of hydrogen-bond donors (Lipinski definition) is 2. The molecule has 136 valence electrons. The summed E-state index contributed by atoms with van der Waals surface area (Å²) in [5.41, 5.74) is 1.01. The summed E-state index contributed by atoms with van der Waals surface area (Å²) < 4.78 is 5.69. The molecule has 0 saturated heterocycles. The van der Waals surface area contributed by atoms with Gasteiger partial charge in [-0.1, -0.05) is 36.4 Å². The number of carbonyl (C=O) groups is 1. The number of nitrogens with one attached hydrogen (secondary N) is 1. The van der Waals surface area contributed by atoms with Crippen molar-refractivity contribution in [1.29, 1.82) is 0 Å². The smallest absolute Gasteiger partial charge is 0.338 e. The van der Waals surface area contributed by atoms with E-state index >= 15 is 0 Å². The van der Waals surface area contributed by atoms with Crippen LogP contribution in [0.5, 0.6) is 5.75 Å². The number of carboxylic acid groups (broad SMARTS) is 1. The number of carboxylic acids is 1. The molecule has 0 aliphatic rings. The molecule has 0 spiro atoms. The lowest BCUT2D eigenvalue weighted by atomic mass is 10.1. The van der Waals surface area contributed by atoms with E-state index in [1.165, 1.54) is 18.2 Å². The molecule has 0 aliphatic carbocycles. The first-order chi connectivity index (χ1) is 13.0. The van der Waals surface area contributed by atoms with Gasteiger partial charge in [0.15, 0.2) is 0 Å². The van der Waals surface area contributed by atoms with Crippen LogP contribution in [0.25, 0.3) is 0 Å². The molecule has 2 N–H and O–H groups in total. The predicted molar refractivity (Wildman–Crippen MR) is 101 cm³/mol. The molecule has 3 aromatic rings. The highest BCUT2D eigenvalue weighted by molar-refractivity contribution is 5.98. The molecule has 0 radical (unpaired) electrons. The number of para-hydroxylation sites is 1. The summed E-state index contributed by atoms with van der Waals surface area (Å²) >= 11 is 0. The van der Waals surface area contributed by atoms with Gasteiger partial charge in [0.1, 0.15) is 18.0 Å². The number of ether oxygens (including phenoxy) is 1. The molecule has 0 heterocycles. The van der Waals surface area contributed by atoms with Crippen molar-refractivity contribution < 1.29 is 19.6 Å². The second-order valence-electron chi connectivity index (χ2n) is 5.69. The van der Waals surface area contributed by atoms with Gasteiger partial charge in [0.2, 0.25) is 0 Å². The lowest BCUT2D eigenvalue weighted by Gasteiger charge is -2.11. The van der Waals surface area contributed by atoms with Crippen molar-refractivity contribution in [2.75, 3.05) is 5.32 Å². The zero-order valence-electron chi connectivity index (χ0n) is 14.2. The van der Waals surface area contributed by atoms with Crippen molar-refractivity contribution in [2.45, 2.75) is 6.61 Å². The van der Waals surface area contributed by atoms with E-state index in [0.717, 1.165) is 5.56 Å². The highest BCUT2D eigenvalue weighted by atomic mass is 16.6. The number of hydrogen-bond acceptors (Lipinski definition) is 5. The zero-order valence-corrected chi connectivity index (χ0v) is 14.2.